The normalized spacial score (nSPS) is 11.7. The van der Waals surface area contributed by atoms with Crippen LogP contribution in [0.3, 0.4) is 0 Å². The van der Waals surface area contributed by atoms with E-state index in [1.165, 1.54) is 16.7 Å². The van der Waals surface area contributed by atoms with Gasteiger partial charge in [0.15, 0.2) is 0 Å². The van der Waals surface area contributed by atoms with Crippen molar-refractivity contribution in [3.8, 4) is 5.75 Å². The number of esters is 1. The van der Waals surface area contributed by atoms with Crippen LogP contribution in [-0.4, -0.2) is 53.5 Å². The summed E-state index contributed by atoms with van der Waals surface area (Å²) in [6.07, 6.45) is 0.786. The first-order valence-corrected chi connectivity index (χ1v) is 13.0. The molecule has 1 aromatic heterocycles. The van der Waals surface area contributed by atoms with Gasteiger partial charge in [-0.2, -0.15) is 0 Å². The van der Waals surface area contributed by atoms with E-state index in [2.05, 4.69) is 29.5 Å². The molecule has 0 aliphatic carbocycles. The van der Waals surface area contributed by atoms with Crippen LogP contribution in [0.2, 0.25) is 0 Å². The Bertz CT molecular complexity index is 1460. The number of methoxy groups -OCH3 is 2. The summed E-state index contributed by atoms with van der Waals surface area (Å²) in [4.78, 5) is 41.4. The number of ether oxygens (including phenoxy) is 2. The minimum Gasteiger partial charge on any atom is -0.497 e. The van der Waals surface area contributed by atoms with Gasteiger partial charge in [0.25, 0.3) is 0 Å². The largest absolute Gasteiger partial charge is 0.497 e. The Balaban J connectivity index is 1.78. The molecule has 10 heteroatoms. The summed E-state index contributed by atoms with van der Waals surface area (Å²) in [6, 6.07) is 19.7. The molecule has 40 heavy (non-hydrogen) atoms. The molecule has 2 amide bonds. The number of nitrogens with zero attached hydrogens (tertiary/aromatic N) is 4. The third-order valence-corrected chi connectivity index (χ3v) is 6.50. The summed E-state index contributed by atoms with van der Waals surface area (Å²) in [7, 11) is 2.86. The lowest BCUT2D eigenvalue weighted by Gasteiger charge is -2.32. The molecule has 0 radical (unpaired) electrons. The first kappa shape index (κ1) is 28.3. The van der Waals surface area contributed by atoms with Gasteiger partial charge in [-0.3, -0.25) is 14.5 Å². The fourth-order valence-electron chi connectivity index (χ4n) is 4.34. The van der Waals surface area contributed by atoms with Gasteiger partial charge in [0, 0.05) is 12.2 Å². The highest BCUT2D eigenvalue weighted by atomic mass is 16.5. The lowest BCUT2D eigenvalue weighted by atomic mass is 10.0. The SMILES string of the molecule is COC(=O)c1ccc(N(C(=O)Cn2nnc3ccccc32)C(C(=O)NCCC(C)C)c2ccc(OC)cc2)cc1. The molecule has 1 unspecified atom stereocenters. The van der Waals surface area contributed by atoms with Gasteiger partial charge >= 0.3 is 5.97 Å². The van der Waals surface area contributed by atoms with Gasteiger partial charge in [-0.1, -0.05) is 43.3 Å². The minimum absolute atomic E-state index is 0.162. The third-order valence-electron chi connectivity index (χ3n) is 6.50. The zero-order valence-electron chi connectivity index (χ0n) is 23.0. The van der Waals surface area contributed by atoms with E-state index < -0.39 is 12.0 Å². The van der Waals surface area contributed by atoms with Crippen LogP contribution >= 0.6 is 0 Å². The first-order valence-electron chi connectivity index (χ1n) is 13.0. The van der Waals surface area contributed by atoms with Gasteiger partial charge in [0.1, 0.15) is 23.9 Å². The molecule has 0 aliphatic heterocycles. The van der Waals surface area contributed by atoms with Crippen molar-refractivity contribution >= 4 is 34.5 Å². The number of aromatic nitrogens is 3. The molecule has 1 atom stereocenters. The Hall–Kier alpha value is -4.73. The molecule has 0 saturated carbocycles. The zero-order valence-corrected chi connectivity index (χ0v) is 23.0. The first-order chi connectivity index (χ1) is 19.3. The number of benzene rings is 3. The summed E-state index contributed by atoms with van der Waals surface area (Å²) < 4.78 is 11.6. The van der Waals surface area contributed by atoms with Crippen molar-refractivity contribution < 1.29 is 23.9 Å². The van der Waals surface area contributed by atoms with E-state index in [-0.39, 0.29) is 18.4 Å². The maximum absolute atomic E-state index is 14.1. The predicted molar refractivity (Wildman–Crippen MR) is 151 cm³/mol. The fraction of sp³-hybridized carbons (Fsp3) is 0.300. The number of amides is 2. The number of anilines is 1. The van der Waals surface area contributed by atoms with Gasteiger partial charge in [-0.25, -0.2) is 9.48 Å². The van der Waals surface area contributed by atoms with Gasteiger partial charge in [-0.15, -0.1) is 5.10 Å². The van der Waals surface area contributed by atoms with Gasteiger partial charge in [0.05, 0.1) is 25.3 Å². The van der Waals surface area contributed by atoms with E-state index in [9.17, 15) is 14.4 Å². The van der Waals surface area contributed by atoms with Crippen LogP contribution in [0.4, 0.5) is 5.69 Å². The van der Waals surface area contributed by atoms with Gasteiger partial charge in [-0.05, 0) is 66.4 Å². The van der Waals surface area contributed by atoms with Gasteiger partial charge < -0.3 is 14.8 Å². The van der Waals surface area contributed by atoms with Crippen LogP contribution in [0.15, 0.2) is 72.8 Å². The highest BCUT2D eigenvalue weighted by Crippen LogP contribution is 2.30. The topological polar surface area (TPSA) is 116 Å². The van der Waals surface area contributed by atoms with E-state index in [0.717, 1.165) is 6.42 Å². The summed E-state index contributed by atoms with van der Waals surface area (Å²) in [6.45, 7) is 4.45. The van der Waals surface area contributed by atoms with E-state index in [0.29, 0.717) is 46.1 Å². The van der Waals surface area contributed by atoms with E-state index >= 15 is 0 Å². The van der Waals surface area contributed by atoms with Crippen molar-refractivity contribution in [3.63, 3.8) is 0 Å². The number of nitrogens with one attached hydrogen (secondary N) is 1. The van der Waals surface area contributed by atoms with Crippen molar-refractivity contribution in [1.82, 2.24) is 20.3 Å². The lowest BCUT2D eigenvalue weighted by molar-refractivity contribution is -0.127. The maximum atomic E-state index is 14.1. The number of carbonyl (C=O) groups excluding carboxylic acids is 3. The summed E-state index contributed by atoms with van der Waals surface area (Å²) >= 11 is 0. The highest BCUT2D eigenvalue weighted by Gasteiger charge is 2.33. The van der Waals surface area contributed by atoms with E-state index in [4.69, 9.17) is 9.47 Å². The van der Waals surface area contributed by atoms with Crippen LogP contribution < -0.4 is 15.0 Å². The van der Waals surface area contributed by atoms with Crippen molar-refractivity contribution in [1.29, 1.82) is 0 Å². The molecule has 208 valence electrons. The number of hydrogen-bond donors (Lipinski definition) is 1. The number of para-hydroxylation sites is 1. The van der Waals surface area contributed by atoms with Crippen LogP contribution in [0.1, 0.15) is 42.2 Å². The second kappa shape index (κ2) is 12.9. The Morgan fingerprint density at radius 2 is 1.65 bits per heavy atom. The quantitative estimate of drug-likeness (QED) is 0.282. The monoisotopic (exact) mass is 543 g/mol. The fourth-order valence-corrected chi connectivity index (χ4v) is 4.34. The molecule has 4 rings (SSSR count). The van der Waals surface area contributed by atoms with Gasteiger partial charge in [0.2, 0.25) is 11.8 Å². The summed E-state index contributed by atoms with van der Waals surface area (Å²) in [5, 5.41) is 11.3. The van der Waals surface area contributed by atoms with Crippen LogP contribution in [-0.2, 0) is 20.9 Å². The Morgan fingerprint density at radius 3 is 2.30 bits per heavy atom. The second-order valence-electron chi connectivity index (χ2n) is 9.69. The molecular formula is C30H33N5O5. The van der Waals surface area contributed by atoms with Crippen molar-refractivity contribution in [2.45, 2.75) is 32.9 Å². The lowest BCUT2D eigenvalue weighted by Crippen LogP contribution is -2.45. The summed E-state index contributed by atoms with van der Waals surface area (Å²) in [5.41, 5.74) is 2.70. The summed E-state index contributed by atoms with van der Waals surface area (Å²) in [5.74, 6) is -0.210. The molecular weight excluding hydrogens is 510 g/mol. The van der Waals surface area contributed by atoms with Crippen LogP contribution in [0.25, 0.3) is 11.0 Å². The Kier molecular flexibility index (Phi) is 9.11. The average Bonchev–Trinajstić information content (AvgIpc) is 3.37. The van der Waals surface area contributed by atoms with Crippen LogP contribution in [0.5, 0.6) is 5.75 Å². The molecule has 4 aromatic rings. The number of rotatable bonds is 11. The van der Waals surface area contributed by atoms with E-state index in [1.807, 2.05) is 24.3 Å². The third kappa shape index (κ3) is 6.45. The Labute approximate surface area is 232 Å². The molecule has 3 aromatic carbocycles. The molecule has 0 saturated heterocycles. The molecule has 0 aliphatic rings. The van der Waals surface area contributed by atoms with Crippen molar-refractivity contribution in [2.75, 3.05) is 25.7 Å². The molecule has 0 bridgehead atoms. The average molecular weight is 544 g/mol. The highest BCUT2D eigenvalue weighted by molar-refractivity contribution is 6.02. The van der Waals surface area contributed by atoms with Crippen LogP contribution in [0, 0.1) is 5.92 Å². The second-order valence-corrected chi connectivity index (χ2v) is 9.69. The molecule has 0 spiro atoms. The number of carbonyl (C=O) groups is 3. The number of hydrogen-bond acceptors (Lipinski definition) is 7. The molecule has 1 heterocycles. The molecule has 1 N–H and O–H groups in total. The van der Waals surface area contributed by atoms with E-state index in [1.54, 1.807) is 55.6 Å². The standard InChI is InChI=1S/C30H33N5O5/c1-20(2)17-18-31-29(37)28(21-11-15-24(39-3)16-12-21)35(23-13-9-22(10-14-23)30(38)40-4)27(36)19-34-26-8-6-5-7-25(26)32-33-34/h5-16,20,28H,17-19H2,1-4H3,(H,31,37). The Morgan fingerprint density at radius 1 is 0.950 bits per heavy atom. The van der Waals surface area contributed by atoms with Crippen molar-refractivity contribution in [3.05, 3.63) is 83.9 Å². The smallest absolute Gasteiger partial charge is 0.337 e. The minimum atomic E-state index is -1.01. The molecule has 0 fully saturated rings. The zero-order chi connectivity index (χ0) is 28.6. The molecule has 10 nitrogen and oxygen atoms in total. The maximum Gasteiger partial charge on any atom is 0.337 e. The number of fused-ring (bicyclic) bond motifs is 1. The predicted octanol–water partition coefficient (Wildman–Crippen LogP) is 4.16. The van der Waals surface area contributed by atoms with Crippen molar-refractivity contribution in [2.24, 2.45) is 5.92 Å².